The Bertz CT molecular complexity index is 618. The van der Waals surface area contributed by atoms with E-state index in [0.717, 1.165) is 22.4 Å². The van der Waals surface area contributed by atoms with Gasteiger partial charge in [0.2, 0.25) is 0 Å². The van der Waals surface area contributed by atoms with E-state index in [1.165, 1.54) is 0 Å². The molecule has 0 fully saturated rings. The average molecular weight is 284 g/mol. The van der Waals surface area contributed by atoms with Crippen molar-refractivity contribution >= 4 is 11.6 Å². The number of nitrogens with two attached hydrogens (primary N) is 1. The predicted molar refractivity (Wildman–Crippen MR) is 84.4 cm³/mol. The van der Waals surface area contributed by atoms with Gasteiger partial charge in [0, 0.05) is 12.2 Å². The van der Waals surface area contributed by atoms with Gasteiger partial charge in [0.25, 0.3) is 5.91 Å². The molecule has 1 amide bonds. The molecule has 0 aliphatic heterocycles. The van der Waals surface area contributed by atoms with E-state index in [0.29, 0.717) is 12.3 Å². The molecular formula is C17H20N2O2. The first kappa shape index (κ1) is 15.1. The molecule has 0 saturated heterocycles. The minimum atomic E-state index is -0.191. The summed E-state index contributed by atoms with van der Waals surface area (Å²) in [6.07, 6.45) is 0. The van der Waals surface area contributed by atoms with Crippen LogP contribution in [0.4, 0.5) is 5.69 Å². The molecule has 21 heavy (non-hydrogen) atoms. The van der Waals surface area contributed by atoms with Gasteiger partial charge in [-0.25, -0.2) is 0 Å². The number of rotatable bonds is 5. The number of nitrogens with one attached hydrogen (secondary N) is 1. The van der Waals surface area contributed by atoms with E-state index in [4.69, 9.17) is 10.5 Å². The van der Waals surface area contributed by atoms with Crippen molar-refractivity contribution in [2.45, 2.75) is 20.4 Å². The van der Waals surface area contributed by atoms with E-state index in [1.807, 2.05) is 50.2 Å². The van der Waals surface area contributed by atoms with Gasteiger partial charge in [0.05, 0.1) is 0 Å². The first-order chi connectivity index (χ1) is 10.1. The van der Waals surface area contributed by atoms with Crippen molar-refractivity contribution in [2.24, 2.45) is 5.73 Å². The van der Waals surface area contributed by atoms with Crippen molar-refractivity contribution in [3.05, 3.63) is 59.2 Å². The van der Waals surface area contributed by atoms with Crippen molar-refractivity contribution in [1.82, 2.24) is 0 Å². The standard InChI is InChI=1S/C17H20N2O2/c1-12-6-13(2)8-16(7-12)21-11-17(20)19-15-5-3-4-14(9-15)10-18/h3-9H,10-11,18H2,1-2H3,(H,19,20). The van der Waals surface area contributed by atoms with Crippen LogP contribution in [0.25, 0.3) is 0 Å². The Morgan fingerprint density at radius 3 is 2.52 bits per heavy atom. The number of anilines is 1. The van der Waals surface area contributed by atoms with Gasteiger partial charge < -0.3 is 15.8 Å². The fraction of sp³-hybridized carbons (Fsp3) is 0.235. The molecule has 0 atom stereocenters. The highest BCUT2D eigenvalue weighted by Gasteiger charge is 2.05. The van der Waals surface area contributed by atoms with Crippen molar-refractivity contribution < 1.29 is 9.53 Å². The first-order valence-electron chi connectivity index (χ1n) is 6.87. The number of aryl methyl sites for hydroxylation is 2. The van der Waals surface area contributed by atoms with Gasteiger partial charge in [-0.05, 0) is 54.8 Å². The lowest BCUT2D eigenvalue weighted by Gasteiger charge is -2.09. The van der Waals surface area contributed by atoms with Gasteiger partial charge in [-0.2, -0.15) is 0 Å². The van der Waals surface area contributed by atoms with Crippen molar-refractivity contribution in [3.8, 4) is 5.75 Å². The van der Waals surface area contributed by atoms with Crippen LogP contribution in [-0.4, -0.2) is 12.5 Å². The van der Waals surface area contributed by atoms with Gasteiger partial charge >= 0.3 is 0 Å². The minimum absolute atomic E-state index is 0.0181. The molecule has 0 unspecified atom stereocenters. The number of carbonyl (C=O) groups is 1. The molecule has 0 radical (unpaired) electrons. The largest absolute Gasteiger partial charge is 0.484 e. The molecule has 2 rings (SSSR count). The molecule has 2 aromatic carbocycles. The van der Waals surface area contributed by atoms with Crippen molar-refractivity contribution in [2.75, 3.05) is 11.9 Å². The summed E-state index contributed by atoms with van der Waals surface area (Å²) in [7, 11) is 0. The number of ether oxygens (including phenoxy) is 1. The Morgan fingerprint density at radius 2 is 1.86 bits per heavy atom. The second-order valence-electron chi connectivity index (χ2n) is 5.06. The SMILES string of the molecule is Cc1cc(C)cc(OCC(=O)Nc2cccc(CN)c2)c1. The quantitative estimate of drug-likeness (QED) is 0.887. The lowest BCUT2D eigenvalue weighted by molar-refractivity contribution is -0.118. The molecule has 0 aromatic heterocycles. The number of benzene rings is 2. The molecule has 110 valence electrons. The van der Waals surface area contributed by atoms with Gasteiger partial charge in [0.1, 0.15) is 5.75 Å². The molecule has 3 N–H and O–H groups in total. The fourth-order valence-electron chi connectivity index (χ4n) is 2.14. The third kappa shape index (κ3) is 4.61. The Kier molecular flexibility index (Phi) is 4.95. The Morgan fingerprint density at radius 1 is 1.14 bits per heavy atom. The molecule has 0 heterocycles. The summed E-state index contributed by atoms with van der Waals surface area (Å²) in [4.78, 5) is 11.9. The van der Waals surface area contributed by atoms with E-state index in [9.17, 15) is 4.79 Å². The second kappa shape index (κ2) is 6.90. The van der Waals surface area contributed by atoms with Crippen LogP contribution in [0.15, 0.2) is 42.5 Å². The fourth-order valence-corrected chi connectivity index (χ4v) is 2.14. The highest BCUT2D eigenvalue weighted by Crippen LogP contribution is 2.16. The second-order valence-corrected chi connectivity index (χ2v) is 5.06. The molecule has 0 saturated carbocycles. The third-order valence-electron chi connectivity index (χ3n) is 3.01. The van der Waals surface area contributed by atoms with Crippen LogP contribution >= 0.6 is 0 Å². The van der Waals surface area contributed by atoms with Gasteiger partial charge in [-0.1, -0.05) is 18.2 Å². The highest BCUT2D eigenvalue weighted by atomic mass is 16.5. The molecule has 2 aromatic rings. The zero-order chi connectivity index (χ0) is 15.2. The van der Waals surface area contributed by atoms with Crippen LogP contribution in [0.3, 0.4) is 0 Å². The number of amides is 1. The maximum atomic E-state index is 11.9. The van der Waals surface area contributed by atoms with E-state index in [-0.39, 0.29) is 12.5 Å². The van der Waals surface area contributed by atoms with Gasteiger partial charge in [-0.3, -0.25) is 4.79 Å². The summed E-state index contributed by atoms with van der Waals surface area (Å²) in [5.74, 6) is 0.515. The van der Waals surface area contributed by atoms with E-state index in [2.05, 4.69) is 11.4 Å². The predicted octanol–water partition coefficient (Wildman–Crippen LogP) is 2.78. The number of hydrogen-bond acceptors (Lipinski definition) is 3. The Labute approximate surface area is 124 Å². The number of carbonyl (C=O) groups excluding carboxylic acids is 1. The molecular weight excluding hydrogens is 264 g/mol. The summed E-state index contributed by atoms with van der Waals surface area (Å²) in [6, 6.07) is 13.3. The smallest absolute Gasteiger partial charge is 0.262 e. The Balaban J connectivity index is 1.92. The third-order valence-corrected chi connectivity index (χ3v) is 3.01. The summed E-state index contributed by atoms with van der Waals surface area (Å²) < 4.78 is 5.52. The lowest BCUT2D eigenvalue weighted by atomic mass is 10.1. The van der Waals surface area contributed by atoms with Crippen molar-refractivity contribution in [3.63, 3.8) is 0 Å². The Hall–Kier alpha value is -2.33. The summed E-state index contributed by atoms with van der Waals surface area (Å²) >= 11 is 0. The van der Waals surface area contributed by atoms with E-state index >= 15 is 0 Å². The topological polar surface area (TPSA) is 64.3 Å². The average Bonchev–Trinajstić information content (AvgIpc) is 2.44. The lowest BCUT2D eigenvalue weighted by Crippen LogP contribution is -2.20. The van der Waals surface area contributed by atoms with Crippen LogP contribution in [0.2, 0.25) is 0 Å². The molecule has 0 bridgehead atoms. The van der Waals surface area contributed by atoms with Crippen molar-refractivity contribution in [1.29, 1.82) is 0 Å². The van der Waals surface area contributed by atoms with Gasteiger partial charge in [0.15, 0.2) is 6.61 Å². The normalized spacial score (nSPS) is 10.2. The summed E-state index contributed by atoms with van der Waals surface area (Å²) in [5, 5.41) is 2.80. The molecule has 4 heteroatoms. The van der Waals surface area contributed by atoms with Crippen LogP contribution in [0, 0.1) is 13.8 Å². The maximum absolute atomic E-state index is 11.9. The molecule has 4 nitrogen and oxygen atoms in total. The summed E-state index contributed by atoms with van der Waals surface area (Å²) in [6.45, 7) is 4.43. The summed E-state index contributed by atoms with van der Waals surface area (Å²) in [5.41, 5.74) is 9.50. The zero-order valence-electron chi connectivity index (χ0n) is 12.3. The minimum Gasteiger partial charge on any atom is -0.484 e. The molecule has 0 aliphatic rings. The molecule has 0 spiro atoms. The first-order valence-corrected chi connectivity index (χ1v) is 6.87. The van der Waals surface area contributed by atoms with E-state index < -0.39 is 0 Å². The molecule has 0 aliphatic carbocycles. The maximum Gasteiger partial charge on any atom is 0.262 e. The monoisotopic (exact) mass is 284 g/mol. The van der Waals surface area contributed by atoms with Crippen LogP contribution in [0.5, 0.6) is 5.75 Å². The van der Waals surface area contributed by atoms with E-state index in [1.54, 1.807) is 0 Å². The van der Waals surface area contributed by atoms with Crippen LogP contribution < -0.4 is 15.8 Å². The zero-order valence-corrected chi connectivity index (χ0v) is 12.3. The number of hydrogen-bond donors (Lipinski definition) is 2. The van der Waals surface area contributed by atoms with Gasteiger partial charge in [-0.15, -0.1) is 0 Å². The van der Waals surface area contributed by atoms with Crippen LogP contribution in [0.1, 0.15) is 16.7 Å². The van der Waals surface area contributed by atoms with Crippen LogP contribution in [-0.2, 0) is 11.3 Å². The highest BCUT2D eigenvalue weighted by molar-refractivity contribution is 5.91.